The summed E-state index contributed by atoms with van der Waals surface area (Å²) in [5.41, 5.74) is 4.85. The minimum Gasteiger partial charge on any atom is -0.443 e. The average Bonchev–Trinajstić information content (AvgIpc) is 3.06. The molecule has 0 bridgehead atoms. The Morgan fingerprint density at radius 1 is 1.15 bits per heavy atom. The van der Waals surface area contributed by atoms with E-state index in [2.05, 4.69) is 15.4 Å². The van der Waals surface area contributed by atoms with Crippen molar-refractivity contribution in [2.24, 2.45) is 4.99 Å². The lowest BCUT2D eigenvalue weighted by molar-refractivity contribution is 0.491. The number of rotatable bonds is 5. The Hall–Kier alpha value is -3.17. The van der Waals surface area contributed by atoms with Crippen molar-refractivity contribution in [1.29, 1.82) is 5.26 Å². The van der Waals surface area contributed by atoms with Crippen molar-refractivity contribution in [2.75, 3.05) is 14.1 Å². The van der Waals surface area contributed by atoms with Crippen LogP contribution >= 0.6 is 11.5 Å². The lowest BCUT2D eigenvalue weighted by Crippen LogP contribution is -2.07. The van der Waals surface area contributed by atoms with E-state index in [4.69, 9.17) is 4.74 Å². The van der Waals surface area contributed by atoms with Gasteiger partial charge in [-0.1, -0.05) is 30.3 Å². The maximum absolute atomic E-state index is 9.63. The van der Waals surface area contributed by atoms with Gasteiger partial charge < -0.3 is 9.64 Å². The number of hydrogen-bond acceptors (Lipinski definition) is 5. The molecular weight excluding hydrogens is 356 g/mol. The molecule has 0 saturated heterocycles. The predicted molar refractivity (Wildman–Crippen MR) is 110 cm³/mol. The number of aliphatic imine (C=N–C) groups is 1. The standard InChI is InChI=1S/C21H20N4OS/c1-14-11-19(15(2)10-18(14)23-13-25(3)4)26-21-17(12-22)20(24-27-21)16-8-6-5-7-9-16/h5-11,13H,1-4H3/b23-13-. The number of benzene rings is 2. The highest BCUT2D eigenvalue weighted by Crippen LogP contribution is 2.38. The summed E-state index contributed by atoms with van der Waals surface area (Å²) in [6.45, 7) is 3.95. The van der Waals surface area contributed by atoms with Gasteiger partial charge >= 0.3 is 0 Å². The van der Waals surface area contributed by atoms with Crippen LogP contribution in [0.15, 0.2) is 47.5 Å². The van der Waals surface area contributed by atoms with E-state index in [0.29, 0.717) is 22.1 Å². The van der Waals surface area contributed by atoms with Gasteiger partial charge in [0.1, 0.15) is 23.1 Å². The molecular formula is C21H20N4OS. The summed E-state index contributed by atoms with van der Waals surface area (Å²) in [7, 11) is 3.86. The molecule has 0 unspecified atom stereocenters. The molecule has 0 spiro atoms. The van der Waals surface area contributed by atoms with E-state index >= 15 is 0 Å². The molecule has 0 aliphatic rings. The molecule has 1 heterocycles. The van der Waals surface area contributed by atoms with Gasteiger partial charge in [-0.3, -0.25) is 0 Å². The Balaban J connectivity index is 1.94. The summed E-state index contributed by atoms with van der Waals surface area (Å²) in [4.78, 5) is 6.36. The fourth-order valence-electron chi connectivity index (χ4n) is 2.54. The zero-order valence-electron chi connectivity index (χ0n) is 15.7. The molecule has 3 aromatic rings. The van der Waals surface area contributed by atoms with Crippen LogP contribution in [0.1, 0.15) is 16.7 Å². The largest absolute Gasteiger partial charge is 0.443 e. The number of aromatic nitrogens is 1. The first-order chi connectivity index (χ1) is 13.0. The monoisotopic (exact) mass is 376 g/mol. The molecule has 0 atom stereocenters. The third-order valence-electron chi connectivity index (χ3n) is 3.94. The first-order valence-electron chi connectivity index (χ1n) is 8.44. The molecule has 5 nitrogen and oxygen atoms in total. The van der Waals surface area contributed by atoms with E-state index < -0.39 is 0 Å². The van der Waals surface area contributed by atoms with Crippen LogP contribution in [0.2, 0.25) is 0 Å². The Morgan fingerprint density at radius 3 is 2.56 bits per heavy atom. The molecule has 0 fully saturated rings. The highest BCUT2D eigenvalue weighted by atomic mass is 32.1. The molecule has 136 valence electrons. The molecule has 0 saturated carbocycles. The van der Waals surface area contributed by atoms with E-state index in [1.54, 1.807) is 6.34 Å². The van der Waals surface area contributed by atoms with Gasteiger partial charge in [-0.05, 0) is 37.1 Å². The number of aryl methyl sites for hydroxylation is 2. The quantitative estimate of drug-likeness (QED) is 0.447. The molecule has 0 radical (unpaired) electrons. The second-order valence-corrected chi connectivity index (χ2v) is 7.12. The van der Waals surface area contributed by atoms with Crippen LogP contribution in [0.4, 0.5) is 5.69 Å². The van der Waals surface area contributed by atoms with Crippen LogP contribution in [-0.2, 0) is 0 Å². The highest BCUT2D eigenvalue weighted by molar-refractivity contribution is 7.08. The maximum atomic E-state index is 9.63. The van der Waals surface area contributed by atoms with E-state index in [9.17, 15) is 5.26 Å². The van der Waals surface area contributed by atoms with Gasteiger partial charge in [-0.25, -0.2) is 4.99 Å². The number of nitrogens with zero attached hydrogens (tertiary/aromatic N) is 4. The van der Waals surface area contributed by atoms with Crippen LogP contribution in [0.3, 0.4) is 0 Å². The second kappa shape index (κ2) is 8.02. The third-order valence-corrected chi connectivity index (χ3v) is 4.67. The third kappa shape index (κ3) is 4.15. The van der Waals surface area contributed by atoms with Crippen LogP contribution in [0.5, 0.6) is 10.8 Å². The molecule has 0 amide bonds. The predicted octanol–water partition coefficient (Wildman–Crippen LogP) is 5.31. The minimum absolute atomic E-state index is 0.456. The Labute approximate surface area is 163 Å². The normalized spacial score (nSPS) is 10.8. The van der Waals surface area contributed by atoms with Gasteiger partial charge in [0.15, 0.2) is 0 Å². The first kappa shape index (κ1) is 18.6. The Kier molecular flexibility index (Phi) is 5.53. The zero-order valence-corrected chi connectivity index (χ0v) is 16.5. The smallest absolute Gasteiger partial charge is 0.218 e. The summed E-state index contributed by atoms with van der Waals surface area (Å²) in [5, 5.41) is 10.1. The van der Waals surface area contributed by atoms with Crippen molar-refractivity contribution in [3.63, 3.8) is 0 Å². The van der Waals surface area contributed by atoms with Gasteiger partial charge in [-0.15, -0.1) is 0 Å². The van der Waals surface area contributed by atoms with E-state index in [-0.39, 0.29) is 0 Å². The number of nitriles is 1. The van der Waals surface area contributed by atoms with Gasteiger partial charge in [0.05, 0.1) is 12.0 Å². The van der Waals surface area contributed by atoms with E-state index in [0.717, 1.165) is 22.4 Å². The summed E-state index contributed by atoms with van der Waals surface area (Å²) >= 11 is 1.19. The molecule has 0 N–H and O–H groups in total. The number of hydrogen-bond donors (Lipinski definition) is 0. The van der Waals surface area contributed by atoms with Crippen LogP contribution in [0.25, 0.3) is 11.3 Å². The zero-order chi connectivity index (χ0) is 19.4. The fourth-order valence-corrected chi connectivity index (χ4v) is 3.27. The summed E-state index contributed by atoms with van der Waals surface area (Å²) in [6, 6.07) is 15.8. The topological polar surface area (TPSA) is 61.5 Å². The summed E-state index contributed by atoms with van der Waals surface area (Å²) in [6.07, 6.45) is 1.77. The van der Waals surface area contributed by atoms with Crippen LogP contribution in [0, 0.1) is 25.2 Å². The van der Waals surface area contributed by atoms with E-state index in [1.165, 1.54) is 11.5 Å². The minimum atomic E-state index is 0.456. The van der Waals surface area contributed by atoms with E-state index in [1.807, 2.05) is 75.3 Å². The fraction of sp³-hybridized carbons (Fsp3) is 0.190. The average molecular weight is 376 g/mol. The second-order valence-electron chi connectivity index (χ2n) is 6.39. The molecule has 2 aromatic carbocycles. The molecule has 27 heavy (non-hydrogen) atoms. The molecule has 6 heteroatoms. The van der Waals surface area contributed by atoms with Crippen molar-refractivity contribution in [2.45, 2.75) is 13.8 Å². The Morgan fingerprint density at radius 2 is 1.89 bits per heavy atom. The van der Waals surface area contributed by atoms with Crippen molar-refractivity contribution in [3.8, 4) is 28.1 Å². The molecule has 0 aliphatic carbocycles. The van der Waals surface area contributed by atoms with Gasteiger partial charge in [-0.2, -0.15) is 9.64 Å². The van der Waals surface area contributed by atoms with Gasteiger partial charge in [0.2, 0.25) is 5.06 Å². The Bertz CT molecular complexity index is 1020. The summed E-state index contributed by atoms with van der Waals surface area (Å²) in [5.74, 6) is 0.705. The molecule has 3 rings (SSSR count). The van der Waals surface area contributed by atoms with Crippen LogP contribution < -0.4 is 4.74 Å². The lowest BCUT2D eigenvalue weighted by atomic mass is 10.1. The van der Waals surface area contributed by atoms with Crippen molar-refractivity contribution in [1.82, 2.24) is 9.27 Å². The highest BCUT2D eigenvalue weighted by Gasteiger charge is 2.18. The molecule has 0 aliphatic heterocycles. The van der Waals surface area contributed by atoms with Gasteiger partial charge in [0.25, 0.3) is 0 Å². The van der Waals surface area contributed by atoms with Crippen molar-refractivity contribution in [3.05, 3.63) is 59.2 Å². The van der Waals surface area contributed by atoms with Gasteiger partial charge in [0, 0.05) is 31.2 Å². The van der Waals surface area contributed by atoms with Crippen molar-refractivity contribution >= 4 is 23.6 Å². The lowest BCUT2D eigenvalue weighted by Gasteiger charge is -2.11. The van der Waals surface area contributed by atoms with Crippen LogP contribution in [-0.4, -0.2) is 29.7 Å². The number of ether oxygens (including phenoxy) is 1. The maximum Gasteiger partial charge on any atom is 0.218 e. The SMILES string of the molecule is Cc1cc(Oc2snc(-c3ccccc3)c2C#N)c(C)cc1/N=C\N(C)C. The summed E-state index contributed by atoms with van der Waals surface area (Å²) < 4.78 is 10.5. The first-order valence-corrected chi connectivity index (χ1v) is 9.22. The molecule has 1 aromatic heterocycles. The van der Waals surface area contributed by atoms with Crippen molar-refractivity contribution < 1.29 is 4.74 Å².